The highest BCUT2D eigenvalue weighted by Gasteiger charge is 2.38. The SMILES string of the molecule is CC1CCCC(CN)N1S(=O)(=O)c1cc(Cl)c(Br)s1. The van der Waals surface area contributed by atoms with E-state index in [2.05, 4.69) is 15.9 Å². The van der Waals surface area contributed by atoms with E-state index in [-0.39, 0.29) is 16.3 Å². The van der Waals surface area contributed by atoms with E-state index in [0.29, 0.717) is 15.4 Å². The second-order valence-electron chi connectivity index (χ2n) is 4.69. The Hall–Kier alpha value is 0.340. The van der Waals surface area contributed by atoms with Crippen LogP contribution in [-0.4, -0.2) is 31.4 Å². The third-order valence-corrected chi connectivity index (χ3v) is 8.37. The fourth-order valence-corrected chi connectivity index (χ4v) is 6.87. The van der Waals surface area contributed by atoms with Gasteiger partial charge < -0.3 is 5.73 Å². The Morgan fingerprint density at radius 3 is 2.79 bits per heavy atom. The van der Waals surface area contributed by atoms with Crippen LogP contribution in [0.5, 0.6) is 0 Å². The smallest absolute Gasteiger partial charge is 0.253 e. The van der Waals surface area contributed by atoms with Gasteiger partial charge in [-0.2, -0.15) is 4.31 Å². The lowest BCUT2D eigenvalue weighted by Crippen LogP contribution is -2.51. The van der Waals surface area contributed by atoms with Crippen molar-refractivity contribution in [2.24, 2.45) is 5.73 Å². The molecule has 0 aromatic carbocycles. The molecular formula is C11H16BrClN2O2S2. The topological polar surface area (TPSA) is 63.4 Å². The summed E-state index contributed by atoms with van der Waals surface area (Å²) in [6.45, 7) is 2.29. The number of sulfonamides is 1. The van der Waals surface area contributed by atoms with Crippen LogP contribution in [0.3, 0.4) is 0 Å². The van der Waals surface area contributed by atoms with Gasteiger partial charge in [0, 0.05) is 18.6 Å². The van der Waals surface area contributed by atoms with Crippen molar-refractivity contribution < 1.29 is 8.42 Å². The lowest BCUT2D eigenvalue weighted by atomic mass is 10.00. The van der Waals surface area contributed by atoms with Crippen LogP contribution in [0.2, 0.25) is 5.02 Å². The molecule has 2 heterocycles. The van der Waals surface area contributed by atoms with Gasteiger partial charge in [-0.05, 0) is 41.8 Å². The summed E-state index contributed by atoms with van der Waals surface area (Å²) >= 11 is 10.3. The second kappa shape index (κ2) is 5.99. The van der Waals surface area contributed by atoms with Crippen LogP contribution in [0.25, 0.3) is 0 Å². The first-order chi connectivity index (χ1) is 8.87. The molecule has 1 aliphatic heterocycles. The molecule has 19 heavy (non-hydrogen) atoms. The fourth-order valence-electron chi connectivity index (χ4n) is 2.48. The molecule has 1 aromatic heterocycles. The van der Waals surface area contributed by atoms with Crippen molar-refractivity contribution in [1.29, 1.82) is 0 Å². The van der Waals surface area contributed by atoms with Crippen molar-refractivity contribution in [3.63, 3.8) is 0 Å². The van der Waals surface area contributed by atoms with Gasteiger partial charge in [0.05, 0.1) is 8.81 Å². The van der Waals surface area contributed by atoms with Gasteiger partial charge in [0.1, 0.15) is 4.21 Å². The molecule has 4 nitrogen and oxygen atoms in total. The van der Waals surface area contributed by atoms with Crippen LogP contribution in [0.15, 0.2) is 14.1 Å². The van der Waals surface area contributed by atoms with E-state index in [1.54, 1.807) is 4.31 Å². The third kappa shape index (κ3) is 3.01. The summed E-state index contributed by atoms with van der Waals surface area (Å²) in [6, 6.07) is 1.36. The number of halogens is 2. The van der Waals surface area contributed by atoms with Crippen molar-refractivity contribution in [2.75, 3.05) is 6.54 Å². The van der Waals surface area contributed by atoms with Gasteiger partial charge in [-0.3, -0.25) is 0 Å². The Morgan fingerprint density at radius 1 is 1.58 bits per heavy atom. The van der Waals surface area contributed by atoms with Crippen LogP contribution in [-0.2, 0) is 10.0 Å². The summed E-state index contributed by atoms with van der Waals surface area (Å²) in [5, 5.41) is 0.428. The van der Waals surface area contributed by atoms with Crippen molar-refractivity contribution in [3.05, 3.63) is 14.9 Å². The highest BCUT2D eigenvalue weighted by molar-refractivity contribution is 9.11. The second-order valence-corrected chi connectivity index (χ2v) is 9.54. The molecule has 0 spiro atoms. The average molecular weight is 388 g/mol. The molecule has 0 saturated carbocycles. The molecule has 2 N–H and O–H groups in total. The molecule has 0 bridgehead atoms. The van der Waals surface area contributed by atoms with E-state index in [4.69, 9.17) is 17.3 Å². The molecule has 0 amide bonds. The molecule has 108 valence electrons. The lowest BCUT2D eigenvalue weighted by molar-refractivity contribution is 0.196. The first-order valence-corrected chi connectivity index (χ1v) is 9.49. The van der Waals surface area contributed by atoms with Gasteiger partial charge in [-0.1, -0.05) is 18.0 Å². The molecule has 1 aliphatic rings. The normalized spacial score (nSPS) is 25.7. The number of piperidine rings is 1. The van der Waals surface area contributed by atoms with E-state index >= 15 is 0 Å². The zero-order chi connectivity index (χ0) is 14.2. The summed E-state index contributed by atoms with van der Waals surface area (Å²) in [7, 11) is -3.52. The number of nitrogens with zero attached hydrogens (tertiary/aromatic N) is 1. The zero-order valence-corrected chi connectivity index (χ0v) is 14.4. The molecule has 8 heteroatoms. The first-order valence-electron chi connectivity index (χ1n) is 6.06. The molecule has 0 radical (unpaired) electrons. The highest BCUT2D eigenvalue weighted by Crippen LogP contribution is 2.38. The van der Waals surface area contributed by atoms with E-state index in [0.717, 1.165) is 30.6 Å². The molecule has 1 aromatic rings. The molecule has 2 unspecified atom stereocenters. The quantitative estimate of drug-likeness (QED) is 0.867. The zero-order valence-electron chi connectivity index (χ0n) is 10.5. The summed E-state index contributed by atoms with van der Waals surface area (Å²) in [5.74, 6) is 0. The first kappa shape index (κ1) is 15.7. The van der Waals surface area contributed by atoms with Gasteiger partial charge in [0.25, 0.3) is 10.0 Å². The Morgan fingerprint density at radius 2 is 2.26 bits per heavy atom. The van der Waals surface area contributed by atoms with Crippen LogP contribution < -0.4 is 5.73 Å². The maximum absolute atomic E-state index is 12.7. The lowest BCUT2D eigenvalue weighted by Gasteiger charge is -2.38. The Labute approximate surface area is 131 Å². The predicted octanol–water partition coefficient (Wildman–Crippen LogP) is 3.05. The molecule has 2 rings (SSSR count). The van der Waals surface area contributed by atoms with Gasteiger partial charge in [0.15, 0.2) is 0 Å². The Bertz CT molecular complexity index is 542. The van der Waals surface area contributed by atoms with Crippen molar-refractivity contribution in [3.8, 4) is 0 Å². The van der Waals surface area contributed by atoms with E-state index in [1.165, 1.54) is 6.07 Å². The minimum atomic E-state index is -3.52. The fraction of sp³-hybridized carbons (Fsp3) is 0.636. The highest BCUT2D eigenvalue weighted by atomic mass is 79.9. The molecule has 0 aliphatic carbocycles. The van der Waals surface area contributed by atoms with Crippen molar-refractivity contribution >= 4 is 48.9 Å². The van der Waals surface area contributed by atoms with Crippen molar-refractivity contribution in [1.82, 2.24) is 4.31 Å². The molecule has 2 atom stereocenters. The van der Waals surface area contributed by atoms with Gasteiger partial charge in [-0.15, -0.1) is 11.3 Å². The number of hydrogen-bond donors (Lipinski definition) is 1. The summed E-state index contributed by atoms with van der Waals surface area (Å²) in [6.07, 6.45) is 2.71. The Balaban J connectivity index is 2.41. The van der Waals surface area contributed by atoms with Gasteiger partial charge in [0.2, 0.25) is 0 Å². The molecule has 1 saturated heterocycles. The van der Waals surface area contributed by atoms with Crippen LogP contribution >= 0.6 is 38.9 Å². The summed E-state index contributed by atoms with van der Waals surface area (Å²) in [5.41, 5.74) is 5.73. The van der Waals surface area contributed by atoms with Gasteiger partial charge in [-0.25, -0.2) is 8.42 Å². The number of nitrogens with two attached hydrogens (primary N) is 1. The minimum Gasteiger partial charge on any atom is -0.329 e. The summed E-state index contributed by atoms with van der Waals surface area (Å²) in [4.78, 5) is 0. The molecule has 1 fully saturated rings. The van der Waals surface area contributed by atoms with Crippen LogP contribution in [0.4, 0.5) is 0 Å². The minimum absolute atomic E-state index is 0.0213. The van der Waals surface area contributed by atoms with Crippen LogP contribution in [0, 0.1) is 0 Å². The van der Waals surface area contributed by atoms with E-state index < -0.39 is 10.0 Å². The monoisotopic (exact) mass is 386 g/mol. The average Bonchev–Trinajstić information content (AvgIpc) is 2.69. The molecular weight excluding hydrogens is 372 g/mol. The predicted molar refractivity (Wildman–Crippen MR) is 82.2 cm³/mol. The van der Waals surface area contributed by atoms with Crippen LogP contribution in [0.1, 0.15) is 26.2 Å². The standard InChI is InChI=1S/C11H16BrClN2O2S2/c1-7-3-2-4-8(6-14)15(7)19(16,17)10-5-9(13)11(12)18-10/h5,7-8H,2-4,6,14H2,1H3. The van der Waals surface area contributed by atoms with Crippen molar-refractivity contribution in [2.45, 2.75) is 42.5 Å². The summed E-state index contributed by atoms with van der Waals surface area (Å²) < 4.78 is 27.9. The largest absolute Gasteiger partial charge is 0.329 e. The Kier molecular flexibility index (Phi) is 4.96. The number of thiophene rings is 1. The van der Waals surface area contributed by atoms with E-state index in [9.17, 15) is 8.42 Å². The van der Waals surface area contributed by atoms with Gasteiger partial charge >= 0.3 is 0 Å². The van der Waals surface area contributed by atoms with E-state index in [1.807, 2.05) is 6.92 Å². The maximum Gasteiger partial charge on any atom is 0.253 e. The maximum atomic E-state index is 12.7. The third-order valence-electron chi connectivity index (χ3n) is 3.38. The number of rotatable bonds is 3. The number of hydrogen-bond acceptors (Lipinski definition) is 4.